The lowest BCUT2D eigenvalue weighted by Crippen LogP contribution is -1.88. The van der Waals surface area contributed by atoms with E-state index < -0.39 is 0 Å². The molecule has 0 saturated carbocycles. The van der Waals surface area contributed by atoms with Crippen LogP contribution in [0.3, 0.4) is 0 Å². The van der Waals surface area contributed by atoms with Crippen LogP contribution >= 0.6 is 0 Å². The third-order valence-electron chi connectivity index (χ3n) is 2.80. The number of halogens is 1. The summed E-state index contributed by atoms with van der Waals surface area (Å²) < 4.78 is 18.5. The van der Waals surface area contributed by atoms with Gasteiger partial charge in [0.25, 0.3) is 0 Å². The zero-order chi connectivity index (χ0) is 11.8. The fourth-order valence-corrected chi connectivity index (χ4v) is 1.94. The van der Waals surface area contributed by atoms with Gasteiger partial charge in [0, 0.05) is 23.2 Å². The number of benzene rings is 1. The van der Waals surface area contributed by atoms with Gasteiger partial charge in [-0.1, -0.05) is 0 Å². The second-order valence-electron chi connectivity index (χ2n) is 3.98. The molecule has 0 aliphatic carbocycles. The molecule has 84 valence electrons. The number of hydrogen-bond acceptors (Lipinski definition) is 2. The van der Waals surface area contributed by atoms with Crippen molar-refractivity contribution in [2.45, 2.75) is 6.92 Å². The second-order valence-corrected chi connectivity index (χ2v) is 3.98. The molecule has 3 heteroatoms. The van der Waals surface area contributed by atoms with Gasteiger partial charge in [0.2, 0.25) is 0 Å². The number of rotatable bonds is 1. The molecule has 3 aromatic rings. The monoisotopic (exact) mass is 227 g/mol. The van der Waals surface area contributed by atoms with E-state index in [1.807, 2.05) is 25.1 Å². The van der Waals surface area contributed by atoms with Crippen molar-refractivity contribution in [3.8, 4) is 11.3 Å². The lowest BCUT2D eigenvalue weighted by atomic mass is 10.0. The van der Waals surface area contributed by atoms with E-state index in [1.165, 1.54) is 18.3 Å². The molecule has 0 aliphatic heterocycles. The first-order chi connectivity index (χ1) is 8.24. The summed E-state index contributed by atoms with van der Waals surface area (Å²) in [4.78, 5) is 4.19. The highest BCUT2D eigenvalue weighted by atomic mass is 19.1. The van der Waals surface area contributed by atoms with Crippen LogP contribution in [0.5, 0.6) is 0 Å². The summed E-state index contributed by atoms with van der Waals surface area (Å²) >= 11 is 0. The topological polar surface area (TPSA) is 26.0 Å². The van der Waals surface area contributed by atoms with Gasteiger partial charge in [0.15, 0.2) is 0 Å². The summed E-state index contributed by atoms with van der Waals surface area (Å²) in [7, 11) is 0. The Morgan fingerprint density at radius 2 is 2.06 bits per heavy atom. The van der Waals surface area contributed by atoms with Crippen LogP contribution in [0.25, 0.3) is 22.2 Å². The molecule has 2 nitrogen and oxygen atoms in total. The van der Waals surface area contributed by atoms with E-state index in [-0.39, 0.29) is 5.82 Å². The third kappa shape index (κ3) is 1.69. The molecule has 0 aliphatic rings. The van der Waals surface area contributed by atoms with Crippen LogP contribution in [-0.4, -0.2) is 4.98 Å². The number of pyridine rings is 1. The van der Waals surface area contributed by atoms with Crippen molar-refractivity contribution in [3.63, 3.8) is 0 Å². The second kappa shape index (κ2) is 3.70. The molecule has 1 aromatic carbocycles. The number of fused-ring (bicyclic) bond motifs is 1. The van der Waals surface area contributed by atoms with Crippen LogP contribution in [0.2, 0.25) is 0 Å². The summed E-state index contributed by atoms with van der Waals surface area (Å²) in [6.45, 7) is 1.96. The summed E-state index contributed by atoms with van der Waals surface area (Å²) in [6.07, 6.45) is 3.12. The predicted octanol–water partition coefficient (Wildman–Crippen LogP) is 3.94. The molecule has 3 rings (SSSR count). The quantitative estimate of drug-likeness (QED) is 0.629. The summed E-state index contributed by atoms with van der Waals surface area (Å²) in [5.41, 5.74) is 3.43. The van der Waals surface area contributed by atoms with E-state index in [9.17, 15) is 4.39 Å². The highest BCUT2D eigenvalue weighted by Gasteiger charge is 2.07. The standard InChI is InChI=1S/C14H10FNO/c1-9-6-14-10(3-5-17-14)7-12(9)13-8-11(15)2-4-16-13/h2-8H,1H3. The Morgan fingerprint density at radius 1 is 1.18 bits per heavy atom. The summed E-state index contributed by atoms with van der Waals surface area (Å²) in [5.74, 6) is -0.276. The van der Waals surface area contributed by atoms with E-state index in [4.69, 9.17) is 4.42 Å². The van der Waals surface area contributed by atoms with E-state index in [2.05, 4.69) is 4.98 Å². The van der Waals surface area contributed by atoms with E-state index >= 15 is 0 Å². The van der Waals surface area contributed by atoms with Gasteiger partial charge in [-0.05, 0) is 36.8 Å². The van der Waals surface area contributed by atoms with E-state index in [0.717, 1.165) is 22.1 Å². The van der Waals surface area contributed by atoms with E-state index in [0.29, 0.717) is 5.69 Å². The van der Waals surface area contributed by atoms with Crippen molar-refractivity contribution in [1.29, 1.82) is 0 Å². The molecular weight excluding hydrogens is 217 g/mol. The maximum atomic E-state index is 13.2. The third-order valence-corrected chi connectivity index (χ3v) is 2.80. The Balaban J connectivity index is 2.25. The van der Waals surface area contributed by atoms with Crippen LogP contribution in [0, 0.1) is 12.7 Å². The van der Waals surface area contributed by atoms with Crippen LogP contribution in [-0.2, 0) is 0 Å². The smallest absolute Gasteiger partial charge is 0.134 e. The largest absolute Gasteiger partial charge is 0.464 e. The molecule has 0 N–H and O–H groups in total. The number of nitrogens with zero attached hydrogens (tertiary/aromatic N) is 1. The Kier molecular flexibility index (Phi) is 2.18. The lowest BCUT2D eigenvalue weighted by molar-refractivity contribution is 0.615. The minimum Gasteiger partial charge on any atom is -0.464 e. The van der Waals surface area contributed by atoms with E-state index in [1.54, 1.807) is 6.26 Å². The molecule has 0 fully saturated rings. The molecule has 2 aromatic heterocycles. The van der Waals surface area contributed by atoms with Crippen molar-refractivity contribution in [2.75, 3.05) is 0 Å². The lowest BCUT2D eigenvalue weighted by Gasteiger charge is -2.05. The number of aryl methyl sites for hydroxylation is 1. The van der Waals surface area contributed by atoms with Gasteiger partial charge in [-0.2, -0.15) is 0 Å². The molecule has 2 heterocycles. The van der Waals surface area contributed by atoms with Gasteiger partial charge in [0.1, 0.15) is 11.4 Å². The van der Waals surface area contributed by atoms with Gasteiger partial charge in [0.05, 0.1) is 12.0 Å². The van der Waals surface area contributed by atoms with Crippen LogP contribution in [0.1, 0.15) is 5.56 Å². The molecular formula is C14H10FNO. The minimum atomic E-state index is -0.276. The fourth-order valence-electron chi connectivity index (χ4n) is 1.94. The molecule has 0 radical (unpaired) electrons. The van der Waals surface area contributed by atoms with Crippen LogP contribution in [0.4, 0.5) is 4.39 Å². The maximum absolute atomic E-state index is 13.2. The Morgan fingerprint density at radius 3 is 2.88 bits per heavy atom. The first-order valence-corrected chi connectivity index (χ1v) is 5.34. The maximum Gasteiger partial charge on any atom is 0.134 e. The van der Waals surface area contributed by atoms with Crippen molar-refractivity contribution >= 4 is 11.0 Å². The average Bonchev–Trinajstić information content (AvgIpc) is 2.75. The highest BCUT2D eigenvalue weighted by Crippen LogP contribution is 2.27. The molecule has 0 unspecified atom stereocenters. The summed E-state index contributed by atoms with van der Waals surface area (Å²) in [6, 6.07) is 8.58. The first-order valence-electron chi connectivity index (χ1n) is 5.34. The van der Waals surface area contributed by atoms with Crippen LogP contribution in [0.15, 0.2) is 47.2 Å². The van der Waals surface area contributed by atoms with Gasteiger partial charge >= 0.3 is 0 Å². The number of hydrogen-bond donors (Lipinski definition) is 0. The zero-order valence-electron chi connectivity index (χ0n) is 9.27. The molecule has 0 atom stereocenters. The zero-order valence-corrected chi connectivity index (χ0v) is 9.27. The van der Waals surface area contributed by atoms with Crippen molar-refractivity contribution < 1.29 is 8.81 Å². The minimum absolute atomic E-state index is 0.276. The van der Waals surface area contributed by atoms with Crippen molar-refractivity contribution in [3.05, 3.63) is 54.2 Å². The number of furan rings is 1. The molecule has 0 saturated heterocycles. The van der Waals surface area contributed by atoms with Crippen molar-refractivity contribution in [1.82, 2.24) is 4.98 Å². The highest BCUT2D eigenvalue weighted by molar-refractivity contribution is 5.84. The van der Waals surface area contributed by atoms with Gasteiger partial charge in [-0.25, -0.2) is 4.39 Å². The normalized spacial score (nSPS) is 10.9. The molecule has 0 bridgehead atoms. The SMILES string of the molecule is Cc1cc2occc2cc1-c1cc(F)ccn1. The number of aromatic nitrogens is 1. The predicted molar refractivity (Wildman–Crippen MR) is 64.1 cm³/mol. The Labute approximate surface area is 97.7 Å². The Hall–Kier alpha value is -2.16. The molecule has 0 spiro atoms. The first kappa shape index (κ1) is 10.0. The summed E-state index contributed by atoms with van der Waals surface area (Å²) in [5, 5.41) is 0.997. The molecule has 0 amide bonds. The fraction of sp³-hybridized carbons (Fsp3) is 0.0714. The Bertz CT molecular complexity index is 688. The molecule has 17 heavy (non-hydrogen) atoms. The van der Waals surface area contributed by atoms with Gasteiger partial charge in [-0.15, -0.1) is 0 Å². The van der Waals surface area contributed by atoms with Gasteiger partial charge in [-0.3, -0.25) is 4.98 Å². The van der Waals surface area contributed by atoms with Crippen molar-refractivity contribution in [2.24, 2.45) is 0 Å². The average molecular weight is 227 g/mol. The van der Waals surface area contributed by atoms with Crippen LogP contribution < -0.4 is 0 Å². The van der Waals surface area contributed by atoms with Gasteiger partial charge < -0.3 is 4.42 Å².